The van der Waals surface area contributed by atoms with Crippen molar-refractivity contribution in [2.75, 3.05) is 6.54 Å². The van der Waals surface area contributed by atoms with Gasteiger partial charge in [0.25, 0.3) is 0 Å². The smallest absolute Gasteiger partial charge is 0.219 e. The molecule has 0 saturated carbocycles. The van der Waals surface area contributed by atoms with Crippen LogP contribution in [0.25, 0.3) is 11.0 Å². The van der Waals surface area contributed by atoms with Crippen LogP contribution in [0, 0.1) is 0 Å². The highest BCUT2D eigenvalue weighted by atomic mass is 16.1. The molecule has 0 saturated heterocycles. The molecule has 0 atom stereocenters. The maximum atomic E-state index is 11.8. The number of rotatable bonds is 7. The normalized spacial score (nSPS) is 11.7. The van der Waals surface area contributed by atoms with Gasteiger partial charge in [-0.3, -0.25) is 4.79 Å². The molecule has 0 bridgehead atoms. The first-order valence-corrected chi connectivity index (χ1v) is 10.2. The van der Waals surface area contributed by atoms with E-state index in [0.29, 0.717) is 13.0 Å². The molecule has 1 amide bonds. The van der Waals surface area contributed by atoms with Crippen molar-refractivity contribution in [1.82, 2.24) is 14.9 Å². The predicted molar refractivity (Wildman–Crippen MR) is 116 cm³/mol. The molecule has 0 unspecified atom stereocenters. The molecule has 0 aliphatic heterocycles. The second-order valence-corrected chi connectivity index (χ2v) is 8.40. The summed E-state index contributed by atoms with van der Waals surface area (Å²) in [4.78, 5) is 16.6. The van der Waals surface area contributed by atoms with Crippen LogP contribution in [-0.4, -0.2) is 22.0 Å². The lowest BCUT2D eigenvalue weighted by Crippen LogP contribution is -2.26. The van der Waals surface area contributed by atoms with E-state index in [0.717, 1.165) is 36.2 Å². The van der Waals surface area contributed by atoms with Gasteiger partial charge in [-0.05, 0) is 35.1 Å². The summed E-state index contributed by atoms with van der Waals surface area (Å²) >= 11 is 0. The molecule has 4 nitrogen and oxygen atoms in total. The molecule has 148 valence electrons. The van der Waals surface area contributed by atoms with Crippen LogP contribution >= 0.6 is 0 Å². The van der Waals surface area contributed by atoms with Crippen molar-refractivity contribution in [3.63, 3.8) is 0 Å². The summed E-state index contributed by atoms with van der Waals surface area (Å²) in [6.45, 7) is 10.1. The fraction of sp³-hybridized carbons (Fsp3) is 0.417. The molecular weight excluding hydrogens is 346 g/mol. The Balaban J connectivity index is 1.81. The molecule has 1 heterocycles. The van der Waals surface area contributed by atoms with Crippen molar-refractivity contribution in [1.29, 1.82) is 0 Å². The quantitative estimate of drug-likeness (QED) is 0.640. The molecule has 0 aliphatic carbocycles. The van der Waals surface area contributed by atoms with Crippen molar-refractivity contribution in [2.24, 2.45) is 0 Å². The largest absolute Gasteiger partial charge is 0.356 e. The van der Waals surface area contributed by atoms with E-state index in [4.69, 9.17) is 4.98 Å². The van der Waals surface area contributed by atoms with E-state index in [9.17, 15) is 4.79 Å². The lowest BCUT2D eigenvalue weighted by Gasteiger charge is -2.19. The van der Waals surface area contributed by atoms with E-state index in [1.165, 1.54) is 11.1 Å². The zero-order valence-corrected chi connectivity index (χ0v) is 17.5. The molecular formula is C24H31N3O. The highest BCUT2D eigenvalue weighted by molar-refractivity contribution is 5.76. The predicted octanol–water partition coefficient (Wildman–Crippen LogP) is 4.84. The molecule has 1 aromatic heterocycles. The summed E-state index contributed by atoms with van der Waals surface area (Å²) in [6.07, 6.45) is 2.18. The van der Waals surface area contributed by atoms with Crippen LogP contribution in [0.5, 0.6) is 0 Å². The minimum atomic E-state index is 0.114. The summed E-state index contributed by atoms with van der Waals surface area (Å²) in [7, 11) is 0. The third-order valence-electron chi connectivity index (χ3n) is 5.04. The van der Waals surface area contributed by atoms with Crippen molar-refractivity contribution in [3.8, 4) is 0 Å². The molecule has 0 spiro atoms. The van der Waals surface area contributed by atoms with Gasteiger partial charge in [-0.2, -0.15) is 0 Å². The zero-order valence-electron chi connectivity index (χ0n) is 17.5. The second kappa shape index (κ2) is 8.59. The van der Waals surface area contributed by atoms with Gasteiger partial charge < -0.3 is 9.88 Å². The molecule has 2 aromatic carbocycles. The number of fused-ring (bicyclic) bond motifs is 1. The number of carbonyl (C=O) groups excluding carboxylic acids is 1. The standard InChI is InChI=1S/C24H31N3O/c1-5-8-23(28)25-16-15-22-26-20-9-6-7-10-21(20)27(22)17-18-11-13-19(14-12-18)24(2,3)4/h6-7,9-14H,5,8,15-17H2,1-4H3,(H,25,28). The minimum absolute atomic E-state index is 0.114. The maximum absolute atomic E-state index is 11.8. The van der Waals surface area contributed by atoms with E-state index in [-0.39, 0.29) is 11.3 Å². The topological polar surface area (TPSA) is 46.9 Å². The number of imidazole rings is 1. The van der Waals surface area contributed by atoms with Crippen LogP contribution < -0.4 is 5.32 Å². The fourth-order valence-corrected chi connectivity index (χ4v) is 3.41. The SMILES string of the molecule is CCCC(=O)NCCc1nc2ccccc2n1Cc1ccc(C(C)(C)C)cc1. The summed E-state index contributed by atoms with van der Waals surface area (Å²) in [6, 6.07) is 17.1. The second-order valence-electron chi connectivity index (χ2n) is 8.40. The molecule has 3 aromatic rings. The van der Waals surface area contributed by atoms with Crippen molar-refractivity contribution >= 4 is 16.9 Å². The fourth-order valence-electron chi connectivity index (χ4n) is 3.41. The van der Waals surface area contributed by atoms with Crippen LogP contribution in [-0.2, 0) is 23.2 Å². The van der Waals surface area contributed by atoms with Gasteiger partial charge in [0.15, 0.2) is 0 Å². The Labute approximate surface area is 168 Å². The van der Waals surface area contributed by atoms with Gasteiger partial charge in [0.05, 0.1) is 11.0 Å². The Hall–Kier alpha value is -2.62. The lowest BCUT2D eigenvalue weighted by atomic mass is 9.87. The lowest BCUT2D eigenvalue weighted by molar-refractivity contribution is -0.121. The van der Waals surface area contributed by atoms with E-state index >= 15 is 0 Å². The Morgan fingerprint density at radius 2 is 1.79 bits per heavy atom. The molecule has 28 heavy (non-hydrogen) atoms. The van der Waals surface area contributed by atoms with Crippen molar-refractivity contribution in [2.45, 2.75) is 58.9 Å². The molecule has 3 rings (SSSR count). The summed E-state index contributed by atoms with van der Waals surface area (Å²) in [5, 5.41) is 3.00. The number of para-hydroxylation sites is 2. The van der Waals surface area contributed by atoms with Gasteiger partial charge in [0.2, 0.25) is 5.91 Å². The summed E-state index contributed by atoms with van der Waals surface area (Å²) < 4.78 is 2.27. The van der Waals surface area contributed by atoms with Crippen LogP contribution in [0.3, 0.4) is 0 Å². The molecule has 0 fully saturated rings. The Morgan fingerprint density at radius 1 is 1.07 bits per heavy atom. The third-order valence-corrected chi connectivity index (χ3v) is 5.04. The van der Waals surface area contributed by atoms with Gasteiger partial charge in [-0.15, -0.1) is 0 Å². The summed E-state index contributed by atoms with van der Waals surface area (Å²) in [5.41, 5.74) is 4.89. The number of carbonyl (C=O) groups is 1. The van der Waals surface area contributed by atoms with Gasteiger partial charge in [-0.25, -0.2) is 4.98 Å². The monoisotopic (exact) mass is 377 g/mol. The average molecular weight is 378 g/mol. The first-order chi connectivity index (χ1) is 13.4. The first-order valence-electron chi connectivity index (χ1n) is 10.2. The number of nitrogens with zero attached hydrogens (tertiary/aromatic N) is 2. The van der Waals surface area contributed by atoms with Gasteiger partial charge in [-0.1, -0.05) is 64.1 Å². The van der Waals surface area contributed by atoms with E-state index in [2.05, 4.69) is 67.1 Å². The summed E-state index contributed by atoms with van der Waals surface area (Å²) in [5.74, 6) is 1.13. The van der Waals surface area contributed by atoms with E-state index in [1.54, 1.807) is 0 Å². The number of hydrogen-bond acceptors (Lipinski definition) is 2. The van der Waals surface area contributed by atoms with Gasteiger partial charge >= 0.3 is 0 Å². The van der Waals surface area contributed by atoms with E-state index < -0.39 is 0 Å². The molecule has 0 aliphatic rings. The minimum Gasteiger partial charge on any atom is -0.356 e. The van der Waals surface area contributed by atoms with Crippen LogP contribution in [0.15, 0.2) is 48.5 Å². The van der Waals surface area contributed by atoms with Crippen LogP contribution in [0.4, 0.5) is 0 Å². The number of nitrogens with one attached hydrogen (secondary N) is 1. The first kappa shape index (κ1) is 20.1. The highest BCUT2D eigenvalue weighted by Gasteiger charge is 2.14. The number of amides is 1. The highest BCUT2D eigenvalue weighted by Crippen LogP contribution is 2.23. The Bertz CT molecular complexity index is 933. The van der Waals surface area contributed by atoms with E-state index in [1.807, 2.05) is 19.1 Å². The number of benzene rings is 2. The van der Waals surface area contributed by atoms with Gasteiger partial charge in [0.1, 0.15) is 5.82 Å². The number of aromatic nitrogens is 2. The third kappa shape index (κ3) is 4.80. The zero-order chi connectivity index (χ0) is 20.1. The number of hydrogen-bond donors (Lipinski definition) is 1. The molecule has 4 heteroatoms. The molecule has 1 N–H and O–H groups in total. The van der Waals surface area contributed by atoms with Crippen LogP contribution in [0.1, 0.15) is 57.5 Å². The van der Waals surface area contributed by atoms with Crippen molar-refractivity contribution < 1.29 is 4.79 Å². The maximum Gasteiger partial charge on any atom is 0.219 e. The van der Waals surface area contributed by atoms with Gasteiger partial charge in [0, 0.05) is 25.9 Å². The average Bonchev–Trinajstić information content (AvgIpc) is 2.99. The Morgan fingerprint density at radius 3 is 2.46 bits per heavy atom. The Kier molecular flexibility index (Phi) is 6.18. The van der Waals surface area contributed by atoms with Crippen LogP contribution in [0.2, 0.25) is 0 Å². The van der Waals surface area contributed by atoms with Crippen molar-refractivity contribution in [3.05, 3.63) is 65.5 Å². The molecule has 0 radical (unpaired) electrons.